The van der Waals surface area contributed by atoms with Crippen LogP contribution in [0.3, 0.4) is 0 Å². The van der Waals surface area contributed by atoms with Crippen LogP contribution >= 0.6 is 27.3 Å². The normalized spacial score (nSPS) is 18.0. The Morgan fingerprint density at radius 3 is 2.91 bits per heavy atom. The van der Waals surface area contributed by atoms with Crippen molar-refractivity contribution in [3.63, 3.8) is 0 Å². The Hall–Kier alpha value is -1.70. The lowest BCUT2D eigenvalue weighted by molar-refractivity contribution is 0.507. The molecule has 0 spiro atoms. The van der Waals surface area contributed by atoms with Gasteiger partial charge in [-0.05, 0) is 58.3 Å². The first-order valence-electron chi connectivity index (χ1n) is 7.68. The molecule has 2 aromatic rings. The van der Waals surface area contributed by atoms with Gasteiger partial charge in [-0.15, -0.1) is 11.3 Å². The highest BCUT2D eigenvalue weighted by molar-refractivity contribution is 9.12. The van der Waals surface area contributed by atoms with Gasteiger partial charge in [-0.25, -0.2) is 4.99 Å². The van der Waals surface area contributed by atoms with E-state index in [1.165, 1.54) is 16.9 Å². The lowest BCUT2D eigenvalue weighted by Gasteiger charge is -2.17. The van der Waals surface area contributed by atoms with E-state index in [9.17, 15) is 5.26 Å². The fourth-order valence-corrected chi connectivity index (χ4v) is 4.48. The van der Waals surface area contributed by atoms with E-state index >= 15 is 0 Å². The maximum atomic E-state index is 9.49. The second-order valence-electron chi connectivity index (χ2n) is 5.84. The number of thiophene rings is 1. The quantitative estimate of drug-likeness (QED) is 0.608. The van der Waals surface area contributed by atoms with Gasteiger partial charge in [0.15, 0.2) is 0 Å². The molecule has 1 unspecified atom stereocenters. The zero-order chi connectivity index (χ0) is 16.2. The molecule has 2 nitrogen and oxygen atoms in total. The van der Waals surface area contributed by atoms with Crippen LogP contribution in [0.2, 0.25) is 0 Å². The fourth-order valence-electron chi connectivity index (χ4n) is 2.81. The Morgan fingerprint density at radius 1 is 1.39 bits per heavy atom. The Kier molecular flexibility index (Phi) is 5.09. The number of nitrogens with zero attached hydrogens (tertiary/aromatic N) is 2. The Labute approximate surface area is 149 Å². The van der Waals surface area contributed by atoms with Crippen molar-refractivity contribution in [2.45, 2.75) is 26.2 Å². The number of rotatable bonds is 3. The summed E-state index contributed by atoms with van der Waals surface area (Å²) < 4.78 is 0.896. The van der Waals surface area contributed by atoms with Gasteiger partial charge in [0, 0.05) is 15.6 Å². The van der Waals surface area contributed by atoms with Crippen LogP contribution in [0, 0.1) is 17.2 Å². The molecule has 0 saturated heterocycles. The number of fused-ring (bicyclic) bond motifs is 1. The highest BCUT2D eigenvalue weighted by Gasteiger charge is 2.23. The largest absolute Gasteiger partial charge is 0.243 e. The zero-order valence-electron chi connectivity index (χ0n) is 12.9. The molecular weight excluding hydrogens is 368 g/mol. The number of aliphatic imine (C=N–C) groups is 1. The van der Waals surface area contributed by atoms with Crippen molar-refractivity contribution < 1.29 is 0 Å². The van der Waals surface area contributed by atoms with E-state index in [4.69, 9.17) is 0 Å². The van der Waals surface area contributed by atoms with Crippen molar-refractivity contribution in [2.24, 2.45) is 10.9 Å². The molecule has 0 N–H and O–H groups in total. The van der Waals surface area contributed by atoms with Crippen molar-refractivity contribution in [3.8, 4) is 6.07 Å². The van der Waals surface area contributed by atoms with Gasteiger partial charge in [-0.2, -0.15) is 5.26 Å². The SMILES string of the molecule is CC1CCc2c(sc(/N=C/C(Br)=Cc3ccccc3)c2C#N)C1. The van der Waals surface area contributed by atoms with Gasteiger partial charge >= 0.3 is 0 Å². The predicted molar refractivity (Wildman–Crippen MR) is 102 cm³/mol. The lowest BCUT2D eigenvalue weighted by atomic mass is 9.89. The van der Waals surface area contributed by atoms with E-state index in [-0.39, 0.29) is 0 Å². The Bertz CT molecular complexity index is 797. The molecular formula is C19H17BrN2S. The maximum Gasteiger partial charge on any atom is 0.134 e. The van der Waals surface area contributed by atoms with Gasteiger partial charge in [0.1, 0.15) is 11.1 Å². The van der Waals surface area contributed by atoms with Crippen molar-refractivity contribution in [2.75, 3.05) is 0 Å². The molecule has 1 aromatic carbocycles. The van der Waals surface area contributed by atoms with Crippen molar-refractivity contribution in [1.82, 2.24) is 0 Å². The number of hydrogen-bond acceptors (Lipinski definition) is 3. The Balaban J connectivity index is 1.86. The van der Waals surface area contributed by atoms with Gasteiger partial charge < -0.3 is 0 Å². The average Bonchev–Trinajstić information content (AvgIpc) is 2.90. The second-order valence-corrected chi connectivity index (χ2v) is 7.84. The monoisotopic (exact) mass is 384 g/mol. The van der Waals surface area contributed by atoms with Crippen LogP contribution in [0.15, 0.2) is 39.8 Å². The smallest absolute Gasteiger partial charge is 0.134 e. The summed E-state index contributed by atoms with van der Waals surface area (Å²) in [6.07, 6.45) is 7.05. The molecule has 1 aliphatic carbocycles. The lowest BCUT2D eigenvalue weighted by Crippen LogP contribution is -2.09. The molecule has 1 aliphatic rings. The molecule has 1 heterocycles. The van der Waals surface area contributed by atoms with Crippen molar-refractivity contribution >= 4 is 44.6 Å². The number of hydrogen-bond donors (Lipinski definition) is 0. The van der Waals surface area contributed by atoms with Gasteiger partial charge in [-0.1, -0.05) is 37.3 Å². The summed E-state index contributed by atoms with van der Waals surface area (Å²) in [6, 6.07) is 12.4. The third-order valence-electron chi connectivity index (χ3n) is 4.01. The average molecular weight is 385 g/mol. The molecule has 0 saturated carbocycles. The molecule has 23 heavy (non-hydrogen) atoms. The van der Waals surface area contributed by atoms with E-state index in [0.29, 0.717) is 5.92 Å². The summed E-state index contributed by atoms with van der Waals surface area (Å²) in [6.45, 7) is 2.27. The molecule has 0 amide bonds. The molecule has 0 radical (unpaired) electrons. The van der Waals surface area contributed by atoms with E-state index in [2.05, 4.69) is 33.9 Å². The summed E-state index contributed by atoms with van der Waals surface area (Å²) in [5, 5.41) is 10.3. The van der Waals surface area contributed by atoms with Gasteiger partial charge in [0.05, 0.1) is 5.56 Å². The van der Waals surface area contributed by atoms with Crippen LogP contribution in [0.4, 0.5) is 5.00 Å². The molecule has 1 atom stereocenters. The molecule has 1 aromatic heterocycles. The zero-order valence-corrected chi connectivity index (χ0v) is 15.3. The van der Waals surface area contributed by atoms with Crippen LogP contribution in [-0.4, -0.2) is 6.21 Å². The minimum absolute atomic E-state index is 0.703. The first-order chi connectivity index (χ1) is 11.2. The summed E-state index contributed by atoms with van der Waals surface area (Å²) in [7, 11) is 0. The molecule has 3 rings (SSSR count). The van der Waals surface area contributed by atoms with E-state index in [1.807, 2.05) is 36.4 Å². The summed E-state index contributed by atoms with van der Waals surface area (Å²) in [4.78, 5) is 5.90. The van der Waals surface area contributed by atoms with Gasteiger partial charge in [-0.3, -0.25) is 0 Å². The topological polar surface area (TPSA) is 36.1 Å². The van der Waals surface area contributed by atoms with E-state index in [0.717, 1.165) is 33.5 Å². The molecule has 4 heteroatoms. The fraction of sp³-hybridized carbons (Fsp3) is 0.263. The Morgan fingerprint density at radius 2 is 2.17 bits per heavy atom. The molecule has 116 valence electrons. The summed E-state index contributed by atoms with van der Waals surface area (Å²) in [5.41, 5.74) is 3.12. The van der Waals surface area contributed by atoms with Crippen LogP contribution in [0.25, 0.3) is 6.08 Å². The van der Waals surface area contributed by atoms with Crippen LogP contribution < -0.4 is 0 Å². The van der Waals surface area contributed by atoms with Crippen LogP contribution in [-0.2, 0) is 12.8 Å². The molecule has 0 fully saturated rings. The summed E-state index contributed by atoms with van der Waals surface area (Å²) >= 11 is 5.20. The van der Waals surface area contributed by atoms with Gasteiger partial charge in [0.2, 0.25) is 0 Å². The van der Waals surface area contributed by atoms with Crippen molar-refractivity contribution in [1.29, 1.82) is 5.26 Å². The highest BCUT2D eigenvalue weighted by Crippen LogP contribution is 2.40. The van der Waals surface area contributed by atoms with Gasteiger partial charge in [0.25, 0.3) is 0 Å². The third-order valence-corrected chi connectivity index (χ3v) is 5.61. The van der Waals surface area contributed by atoms with Crippen LogP contribution in [0.5, 0.6) is 0 Å². The molecule has 0 bridgehead atoms. The predicted octanol–water partition coefficient (Wildman–Crippen LogP) is 5.88. The standard InChI is InChI=1S/C19H17BrN2S/c1-13-7-8-16-17(11-21)19(23-18(16)9-13)22-12-15(20)10-14-5-3-2-4-6-14/h2-6,10,12-13H,7-9H2,1H3/b15-10?,22-12+. The summed E-state index contributed by atoms with van der Waals surface area (Å²) in [5.74, 6) is 0.703. The second kappa shape index (κ2) is 7.25. The number of nitriles is 1. The van der Waals surface area contributed by atoms with E-state index in [1.54, 1.807) is 17.6 Å². The number of allylic oxidation sites excluding steroid dienone is 1. The van der Waals surface area contributed by atoms with Crippen LogP contribution in [0.1, 0.15) is 34.9 Å². The molecule has 0 aliphatic heterocycles. The van der Waals surface area contributed by atoms with E-state index < -0.39 is 0 Å². The minimum Gasteiger partial charge on any atom is -0.243 e. The number of halogens is 1. The first kappa shape index (κ1) is 16.2. The first-order valence-corrected chi connectivity index (χ1v) is 9.29. The van der Waals surface area contributed by atoms with Crippen molar-refractivity contribution in [3.05, 3.63) is 56.4 Å². The maximum absolute atomic E-state index is 9.49. The third kappa shape index (κ3) is 3.80. The number of benzene rings is 1. The highest BCUT2D eigenvalue weighted by atomic mass is 79.9. The minimum atomic E-state index is 0.703.